The summed E-state index contributed by atoms with van der Waals surface area (Å²) in [4.78, 5) is 24.8. The van der Waals surface area contributed by atoms with Crippen LogP contribution in [0.4, 0.5) is 0 Å². The van der Waals surface area contributed by atoms with Crippen LogP contribution >= 0.6 is 0 Å². The topological polar surface area (TPSA) is 90.9 Å². The Morgan fingerprint density at radius 1 is 1.14 bits per heavy atom. The maximum atomic E-state index is 12.2. The molecule has 1 aliphatic rings. The first-order valence-electron chi connectivity index (χ1n) is 8.74. The molecule has 3 rings (SSSR count). The largest absolute Gasteiger partial charge is 0.486 e. The van der Waals surface area contributed by atoms with Gasteiger partial charge >= 0.3 is 5.97 Å². The molecule has 0 unspecified atom stereocenters. The molecule has 1 N–H and O–H groups in total. The van der Waals surface area contributed by atoms with Crippen LogP contribution in [0.2, 0.25) is 0 Å². The molecular weight excluding hydrogens is 382 g/mol. The van der Waals surface area contributed by atoms with Crippen LogP contribution in [0.25, 0.3) is 0 Å². The number of hydrogen-bond donors (Lipinski definition) is 1. The van der Waals surface area contributed by atoms with Crippen LogP contribution in [0.5, 0.6) is 11.5 Å². The van der Waals surface area contributed by atoms with E-state index in [1.807, 2.05) is 19.1 Å². The molecule has 0 saturated heterocycles. The van der Waals surface area contributed by atoms with Gasteiger partial charge in [-0.2, -0.15) is 0 Å². The van der Waals surface area contributed by atoms with Crippen molar-refractivity contribution in [2.75, 3.05) is 26.1 Å². The number of ether oxygens (including phenoxy) is 3. The molecule has 0 radical (unpaired) electrons. The number of carbonyl (C=O) groups is 2. The van der Waals surface area contributed by atoms with E-state index in [2.05, 4.69) is 5.32 Å². The predicted octanol–water partition coefficient (Wildman–Crippen LogP) is 2.23. The van der Waals surface area contributed by atoms with Gasteiger partial charge in [0.25, 0.3) is 5.91 Å². The Morgan fingerprint density at radius 3 is 2.61 bits per heavy atom. The second kappa shape index (κ2) is 8.88. The molecular formula is C20H21NO6S. The Balaban J connectivity index is 1.57. The molecule has 1 heterocycles. The maximum absolute atomic E-state index is 12.2. The summed E-state index contributed by atoms with van der Waals surface area (Å²) < 4.78 is 27.8. The van der Waals surface area contributed by atoms with E-state index in [0.717, 1.165) is 5.56 Å². The fourth-order valence-electron chi connectivity index (χ4n) is 2.79. The SMILES string of the molecule is C[C@H](NC(=O)COC(=O)c1ccccc1[S@@](C)=O)c1ccc2c(c1)OCCO2. The molecule has 0 saturated carbocycles. The van der Waals surface area contributed by atoms with E-state index < -0.39 is 29.3 Å². The minimum absolute atomic E-state index is 0.191. The van der Waals surface area contributed by atoms with Crippen LogP contribution in [-0.4, -0.2) is 42.2 Å². The Bertz CT molecular complexity index is 913. The van der Waals surface area contributed by atoms with Crippen LogP contribution in [0.15, 0.2) is 47.4 Å². The van der Waals surface area contributed by atoms with Crippen molar-refractivity contribution in [2.45, 2.75) is 17.9 Å². The van der Waals surface area contributed by atoms with Gasteiger partial charge < -0.3 is 19.5 Å². The zero-order chi connectivity index (χ0) is 20.1. The first-order valence-corrected chi connectivity index (χ1v) is 10.3. The summed E-state index contributed by atoms with van der Waals surface area (Å²) in [6.07, 6.45) is 1.48. The normalized spacial score (nSPS) is 14.6. The van der Waals surface area contributed by atoms with Crippen molar-refractivity contribution in [3.63, 3.8) is 0 Å². The third-order valence-corrected chi connectivity index (χ3v) is 5.17. The highest BCUT2D eigenvalue weighted by Gasteiger charge is 2.18. The van der Waals surface area contributed by atoms with Crippen LogP contribution < -0.4 is 14.8 Å². The average molecular weight is 403 g/mol. The number of carbonyl (C=O) groups excluding carboxylic acids is 2. The number of amides is 1. The second-order valence-electron chi connectivity index (χ2n) is 6.22. The molecule has 28 heavy (non-hydrogen) atoms. The molecule has 1 aliphatic heterocycles. The summed E-state index contributed by atoms with van der Waals surface area (Å²) in [5, 5.41) is 2.77. The zero-order valence-corrected chi connectivity index (χ0v) is 16.4. The Labute approximate surface area is 165 Å². The van der Waals surface area contributed by atoms with Crippen molar-refractivity contribution in [3.05, 3.63) is 53.6 Å². The lowest BCUT2D eigenvalue weighted by Gasteiger charge is -2.21. The first-order chi connectivity index (χ1) is 13.5. The molecule has 0 bridgehead atoms. The van der Waals surface area contributed by atoms with Gasteiger partial charge in [0, 0.05) is 6.26 Å². The summed E-state index contributed by atoms with van der Waals surface area (Å²) in [7, 11) is -1.33. The molecule has 7 nitrogen and oxygen atoms in total. The Morgan fingerprint density at radius 2 is 1.86 bits per heavy atom. The van der Waals surface area contributed by atoms with Gasteiger partial charge in [0.1, 0.15) is 13.2 Å². The van der Waals surface area contributed by atoms with Gasteiger partial charge in [0.2, 0.25) is 0 Å². The summed E-state index contributed by atoms with van der Waals surface area (Å²) >= 11 is 0. The molecule has 0 spiro atoms. The standard InChI is InChI=1S/C20H21NO6S/c1-13(14-7-8-16-17(11-14)26-10-9-25-16)21-19(22)12-27-20(23)15-5-3-4-6-18(15)28(2)24/h3-8,11,13H,9-10,12H2,1-2H3,(H,21,22)/t13-,28+/m0/s1. The first kappa shape index (κ1) is 19.9. The second-order valence-corrected chi connectivity index (χ2v) is 7.57. The monoisotopic (exact) mass is 403 g/mol. The minimum atomic E-state index is -1.33. The highest BCUT2D eigenvalue weighted by Crippen LogP contribution is 2.32. The third kappa shape index (κ3) is 4.69. The average Bonchev–Trinajstić information content (AvgIpc) is 2.71. The van der Waals surface area contributed by atoms with Crippen molar-refractivity contribution in [2.24, 2.45) is 0 Å². The lowest BCUT2D eigenvalue weighted by Crippen LogP contribution is -2.31. The maximum Gasteiger partial charge on any atom is 0.339 e. The van der Waals surface area contributed by atoms with Crippen molar-refractivity contribution in [1.82, 2.24) is 5.32 Å². The van der Waals surface area contributed by atoms with Gasteiger partial charge in [-0.25, -0.2) is 4.79 Å². The number of esters is 1. The van der Waals surface area contributed by atoms with Crippen molar-refractivity contribution >= 4 is 22.7 Å². The van der Waals surface area contributed by atoms with E-state index in [4.69, 9.17) is 14.2 Å². The fourth-order valence-corrected chi connectivity index (χ4v) is 3.52. The highest BCUT2D eigenvalue weighted by atomic mass is 32.2. The highest BCUT2D eigenvalue weighted by molar-refractivity contribution is 7.84. The summed E-state index contributed by atoms with van der Waals surface area (Å²) in [6, 6.07) is 11.6. The van der Waals surface area contributed by atoms with Crippen LogP contribution in [0, 0.1) is 0 Å². The Kier molecular flexibility index (Phi) is 6.30. The zero-order valence-electron chi connectivity index (χ0n) is 15.6. The number of fused-ring (bicyclic) bond motifs is 1. The van der Waals surface area contributed by atoms with E-state index in [0.29, 0.717) is 29.6 Å². The summed E-state index contributed by atoms with van der Waals surface area (Å²) in [5.74, 6) is 0.189. The quantitative estimate of drug-likeness (QED) is 0.744. The van der Waals surface area contributed by atoms with Crippen molar-refractivity contribution < 1.29 is 28.0 Å². The molecule has 8 heteroatoms. The molecule has 1 amide bonds. The lowest BCUT2D eigenvalue weighted by molar-refractivity contribution is -0.124. The molecule has 2 atom stereocenters. The predicted molar refractivity (Wildman–Crippen MR) is 103 cm³/mol. The van der Waals surface area contributed by atoms with Crippen molar-refractivity contribution in [3.8, 4) is 11.5 Å². The smallest absolute Gasteiger partial charge is 0.339 e. The van der Waals surface area contributed by atoms with E-state index >= 15 is 0 Å². The third-order valence-electron chi connectivity index (χ3n) is 4.19. The van der Waals surface area contributed by atoms with Gasteiger partial charge in [0.15, 0.2) is 18.1 Å². The van der Waals surface area contributed by atoms with Crippen molar-refractivity contribution in [1.29, 1.82) is 0 Å². The van der Waals surface area contributed by atoms with Crippen LogP contribution in [0.1, 0.15) is 28.9 Å². The number of nitrogens with one attached hydrogen (secondary N) is 1. The van der Waals surface area contributed by atoms with E-state index in [9.17, 15) is 13.8 Å². The number of benzene rings is 2. The van der Waals surface area contributed by atoms with Crippen LogP contribution in [0.3, 0.4) is 0 Å². The van der Waals surface area contributed by atoms with E-state index in [1.54, 1.807) is 24.3 Å². The summed E-state index contributed by atoms with van der Waals surface area (Å²) in [5.41, 5.74) is 1.03. The van der Waals surface area contributed by atoms with Gasteiger partial charge in [0.05, 0.1) is 27.3 Å². The molecule has 148 valence electrons. The number of rotatable bonds is 6. The van der Waals surface area contributed by atoms with Crippen LogP contribution in [-0.2, 0) is 20.3 Å². The molecule has 2 aromatic carbocycles. The lowest BCUT2D eigenvalue weighted by atomic mass is 10.1. The van der Waals surface area contributed by atoms with Gasteiger partial charge in [-0.1, -0.05) is 18.2 Å². The molecule has 0 fully saturated rings. The van der Waals surface area contributed by atoms with Gasteiger partial charge in [-0.3, -0.25) is 9.00 Å². The molecule has 0 aliphatic carbocycles. The number of hydrogen-bond acceptors (Lipinski definition) is 6. The van der Waals surface area contributed by atoms with Gasteiger partial charge in [-0.15, -0.1) is 0 Å². The van der Waals surface area contributed by atoms with E-state index in [1.165, 1.54) is 12.3 Å². The van der Waals surface area contributed by atoms with Gasteiger partial charge in [-0.05, 0) is 36.8 Å². The Hall–Kier alpha value is -2.87. The molecule has 0 aromatic heterocycles. The minimum Gasteiger partial charge on any atom is -0.486 e. The molecule has 2 aromatic rings. The summed E-state index contributed by atoms with van der Waals surface area (Å²) in [6.45, 7) is 2.38. The fraction of sp³-hybridized carbons (Fsp3) is 0.300. The van der Waals surface area contributed by atoms with E-state index in [-0.39, 0.29) is 11.6 Å².